The number of nitrogens with one attached hydrogen (secondary N) is 1. The number of rotatable bonds is 9. The van der Waals surface area contributed by atoms with Crippen LogP contribution in [-0.2, 0) is 9.53 Å². The van der Waals surface area contributed by atoms with Crippen LogP contribution in [0.25, 0.3) is 0 Å². The fraction of sp³-hybridized carbons (Fsp3) is 0.917. The smallest absolute Gasteiger partial charge is 0.237 e. The van der Waals surface area contributed by atoms with Gasteiger partial charge < -0.3 is 15.8 Å². The lowest BCUT2D eigenvalue weighted by Crippen LogP contribution is -2.53. The van der Waals surface area contributed by atoms with Crippen LogP contribution in [0.15, 0.2) is 0 Å². The molecule has 96 valence electrons. The number of carbonyl (C=O) groups is 1. The van der Waals surface area contributed by atoms with Crippen LogP contribution in [0, 0.1) is 5.92 Å². The van der Waals surface area contributed by atoms with E-state index in [-0.39, 0.29) is 5.91 Å². The highest BCUT2D eigenvalue weighted by Gasteiger charge is 2.29. The van der Waals surface area contributed by atoms with Crippen molar-refractivity contribution in [3.63, 3.8) is 0 Å². The van der Waals surface area contributed by atoms with Crippen molar-refractivity contribution in [2.75, 3.05) is 19.8 Å². The highest BCUT2D eigenvalue weighted by atomic mass is 16.5. The number of carbonyl (C=O) groups excluding carboxylic acids is 1. The van der Waals surface area contributed by atoms with Crippen LogP contribution >= 0.6 is 0 Å². The highest BCUT2D eigenvalue weighted by molar-refractivity contribution is 5.84. The Morgan fingerprint density at radius 1 is 1.44 bits per heavy atom. The van der Waals surface area contributed by atoms with Gasteiger partial charge in [-0.15, -0.1) is 0 Å². The molecule has 4 nitrogen and oxygen atoms in total. The average Bonchev–Trinajstić information content (AvgIpc) is 2.17. The molecule has 0 spiro atoms. The Morgan fingerprint density at radius 3 is 2.50 bits per heavy atom. The van der Waals surface area contributed by atoms with Crippen LogP contribution in [-0.4, -0.2) is 31.2 Å². The van der Waals surface area contributed by atoms with E-state index in [9.17, 15) is 4.79 Å². The molecule has 0 radical (unpaired) electrons. The highest BCUT2D eigenvalue weighted by Crippen LogP contribution is 2.09. The first-order valence-electron chi connectivity index (χ1n) is 6.05. The molecular weight excluding hydrogens is 204 g/mol. The third-order valence-corrected chi connectivity index (χ3v) is 2.70. The molecule has 3 N–H and O–H groups in total. The predicted octanol–water partition coefficient (Wildman–Crippen LogP) is 1.29. The number of primary amides is 1. The fourth-order valence-corrected chi connectivity index (χ4v) is 1.39. The summed E-state index contributed by atoms with van der Waals surface area (Å²) in [5.74, 6) is 0.332. The SMILES string of the molecule is CCNC(C)(CCOCCC(C)C)C(N)=O. The van der Waals surface area contributed by atoms with Crippen LogP contribution in [0.2, 0.25) is 0 Å². The minimum absolute atomic E-state index is 0.318. The van der Waals surface area contributed by atoms with Gasteiger partial charge in [0.1, 0.15) is 0 Å². The Morgan fingerprint density at radius 2 is 2.06 bits per heavy atom. The molecule has 1 atom stereocenters. The van der Waals surface area contributed by atoms with Crippen molar-refractivity contribution in [3.05, 3.63) is 0 Å². The van der Waals surface area contributed by atoms with Crippen LogP contribution in [0.4, 0.5) is 0 Å². The molecule has 16 heavy (non-hydrogen) atoms. The second-order valence-corrected chi connectivity index (χ2v) is 4.77. The molecule has 0 fully saturated rings. The molecule has 4 heteroatoms. The Labute approximate surface area is 98.9 Å². The van der Waals surface area contributed by atoms with E-state index in [2.05, 4.69) is 19.2 Å². The van der Waals surface area contributed by atoms with E-state index in [4.69, 9.17) is 10.5 Å². The Bertz CT molecular complexity index is 207. The van der Waals surface area contributed by atoms with E-state index >= 15 is 0 Å². The molecule has 1 amide bonds. The van der Waals surface area contributed by atoms with E-state index in [1.807, 2.05) is 13.8 Å². The second-order valence-electron chi connectivity index (χ2n) is 4.77. The van der Waals surface area contributed by atoms with Crippen LogP contribution < -0.4 is 11.1 Å². The quantitative estimate of drug-likeness (QED) is 0.587. The maximum Gasteiger partial charge on any atom is 0.237 e. The molecule has 0 saturated heterocycles. The Balaban J connectivity index is 3.81. The summed E-state index contributed by atoms with van der Waals surface area (Å²) in [5, 5.41) is 3.10. The molecule has 0 aromatic carbocycles. The molecule has 0 aromatic heterocycles. The molecule has 1 unspecified atom stereocenters. The molecular formula is C12H26N2O2. The molecule has 0 aromatic rings. The topological polar surface area (TPSA) is 64.3 Å². The van der Waals surface area contributed by atoms with Crippen molar-refractivity contribution >= 4 is 5.91 Å². The normalized spacial score (nSPS) is 15.1. The van der Waals surface area contributed by atoms with Gasteiger partial charge in [0.15, 0.2) is 0 Å². The number of likely N-dealkylation sites (N-methyl/N-ethyl adjacent to an activating group) is 1. The fourth-order valence-electron chi connectivity index (χ4n) is 1.39. The molecule has 0 rings (SSSR count). The van der Waals surface area contributed by atoms with E-state index < -0.39 is 5.54 Å². The van der Waals surface area contributed by atoms with E-state index in [0.717, 1.165) is 19.6 Å². The maximum atomic E-state index is 11.3. The van der Waals surface area contributed by atoms with Crippen molar-refractivity contribution in [2.24, 2.45) is 11.7 Å². The van der Waals surface area contributed by atoms with Gasteiger partial charge in [-0.1, -0.05) is 20.8 Å². The number of nitrogens with two attached hydrogens (primary N) is 1. The van der Waals surface area contributed by atoms with Gasteiger partial charge in [0, 0.05) is 13.2 Å². The summed E-state index contributed by atoms with van der Waals surface area (Å²) in [6.45, 7) is 10.2. The lowest BCUT2D eigenvalue weighted by Gasteiger charge is -2.26. The number of amides is 1. The number of hydrogen-bond donors (Lipinski definition) is 2. The molecule has 0 aliphatic rings. The van der Waals surface area contributed by atoms with Crippen molar-refractivity contribution in [1.29, 1.82) is 0 Å². The third-order valence-electron chi connectivity index (χ3n) is 2.70. The molecule has 0 bridgehead atoms. The summed E-state index contributed by atoms with van der Waals surface area (Å²) >= 11 is 0. The number of hydrogen-bond acceptors (Lipinski definition) is 3. The summed E-state index contributed by atoms with van der Waals surface area (Å²) in [5.41, 5.74) is 4.72. The first kappa shape index (κ1) is 15.4. The van der Waals surface area contributed by atoms with Gasteiger partial charge in [0.05, 0.1) is 5.54 Å². The standard InChI is InChI=1S/C12H26N2O2/c1-5-14-12(4,11(13)15)7-9-16-8-6-10(2)3/h10,14H,5-9H2,1-4H3,(H2,13,15). The van der Waals surface area contributed by atoms with Crippen molar-refractivity contribution in [1.82, 2.24) is 5.32 Å². The van der Waals surface area contributed by atoms with Gasteiger partial charge in [0.25, 0.3) is 0 Å². The summed E-state index contributed by atoms with van der Waals surface area (Å²) in [6.07, 6.45) is 1.67. The van der Waals surface area contributed by atoms with E-state index in [1.54, 1.807) is 0 Å². The number of ether oxygens (including phenoxy) is 1. The van der Waals surface area contributed by atoms with Crippen molar-refractivity contribution in [2.45, 2.75) is 46.1 Å². The van der Waals surface area contributed by atoms with Crippen LogP contribution in [0.1, 0.15) is 40.5 Å². The summed E-state index contributed by atoms with van der Waals surface area (Å²) in [4.78, 5) is 11.3. The summed E-state index contributed by atoms with van der Waals surface area (Å²) < 4.78 is 5.49. The van der Waals surface area contributed by atoms with Crippen molar-refractivity contribution < 1.29 is 9.53 Å². The van der Waals surface area contributed by atoms with Gasteiger partial charge in [-0.3, -0.25) is 4.79 Å². The van der Waals surface area contributed by atoms with E-state index in [0.29, 0.717) is 18.9 Å². The predicted molar refractivity (Wildman–Crippen MR) is 66.2 cm³/mol. The first-order chi connectivity index (χ1) is 7.42. The molecule has 0 heterocycles. The van der Waals surface area contributed by atoms with Crippen LogP contribution in [0.5, 0.6) is 0 Å². The minimum atomic E-state index is -0.646. The summed E-state index contributed by atoms with van der Waals surface area (Å²) in [6, 6.07) is 0. The molecule has 0 aliphatic carbocycles. The van der Waals surface area contributed by atoms with Gasteiger partial charge in [0.2, 0.25) is 5.91 Å². The zero-order valence-electron chi connectivity index (χ0n) is 11.0. The van der Waals surface area contributed by atoms with Gasteiger partial charge in [-0.25, -0.2) is 0 Å². The van der Waals surface area contributed by atoms with Gasteiger partial charge in [-0.05, 0) is 32.2 Å². The summed E-state index contributed by atoms with van der Waals surface area (Å²) in [7, 11) is 0. The van der Waals surface area contributed by atoms with E-state index in [1.165, 1.54) is 0 Å². The second kappa shape index (κ2) is 7.63. The van der Waals surface area contributed by atoms with Gasteiger partial charge >= 0.3 is 0 Å². The average molecular weight is 230 g/mol. The molecule has 0 aliphatic heterocycles. The molecule has 0 saturated carbocycles. The zero-order chi connectivity index (χ0) is 12.6. The van der Waals surface area contributed by atoms with Gasteiger partial charge in [-0.2, -0.15) is 0 Å². The van der Waals surface area contributed by atoms with Crippen LogP contribution in [0.3, 0.4) is 0 Å². The third kappa shape index (κ3) is 6.08. The Hall–Kier alpha value is -0.610. The zero-order valence-corrected chi connectivity index (χ0v) is 11.0. The lowest BCUT2D eigenvalue weighted by atomic mass is 9.97. The minimum Gasteiger partial charge on any atom is -0.381 e. The maximum absolute atomic E-state index is 11.3. The first-order valence-corrected chi connectivity index (χ1v) is 6.05. The van der Waals surface area contributed by atoms with Crippen molar-refractivity contribution in [3.8, 4) is 0 Å². The monoisotopic (exact) mass is 230 g/mol. The Kier molecular flexibility index (Phi) is 7.34. The largest absolute Gasteiger partial charge is 0.381 e. The lowest BCUT2D eigenvalue weighted by molar-refractivity contribution is -0.124.